The van der Waals surface area contributed by atoms with Crippen molar-refractivity contribution in [2.24, 2.45) is 5.73 Å². The smallest absolute Gasteiger partial charge is 0.162 e. The molecule has 1 aliphatic heterocycles. The lowest BCUT2D eigenvalue weighted by Gasteiger charge is -2.18. The van der Waals surface area contributed by atoms with E-state index in [2.05, 4.69) is 9.97 Å². The van der Waals surface area contributed by atoms with Crippen LogP contribution in [0.4, 0.5) is 0 Å². The normalized spacial score (nSPS) is 15.3. The van der Waals surface area contributed by atoms with Crippen molar-refractivity contribution in [1.29, 1.82) is 0 Å². The summed E-state index contributed by atoms with van der Waals surface area (Å²) in [6, 6.07) is 5.76. The fourth-order valence-electron chi connectivity index (χ4n) is 2.17. The summed E-state index contributed by atoms with van der Waals surface area (Å²) in [4.78, 5) is 7.77. The largest absolute Gasteiger partial charge is 0.486 e. The van der Waals surface area contributed by atoms with Crippen LogP contribution in [0.1, 0.15) is 24.5 Å². The van der Waals surface area contributed by atoms with E-state index in [9.17, 15) is 0 Å². The van der Waals surface area contributed by atoms with Gasteiger partial charge in [-0.1, -0.05) is 0 Å². The van der Waals surface area contributed by atoms with Gasteiger partial charge in [-0.05, 0) is 32.0 Å². The van der Waals surface area contributed by atoms with Gasteiger partial charge in [0.2, 0.25) is 0 Å². The average Bonchev–Trinajstić information content (AvgIpc) is 2.80. The van der Waals surface area contributed by atoms with E-state index in [0.717, 1.165) is 34.3 Å². The molecule has 0 bridgehead atoms. The molecule has 19 heavy (non-hydrogen) atoms. The summed E-state index contributed by atoms with van der Waals surface area (Å²) in [5, 5.41) is 0. The first-order chi connectivity index (χ1) is 9.15. The fraction of sp³-hybridized carbons (Fsp3) is 0.357. The van der Waals surface area contributed by atoms with Crippen molar-refractivity contribution in [3.63, 3.8) is 0 Å². The minimum atomic E-state index is -0.107. The lowest BCUT2D eigenvalue weighted by molar-refractivity contribution is 0.171. The Hall–Kier alpha value is -2.01. The lowest BCUT2D eigenvalue weighted by Crippen LogP contribution is -2.15. The molecule has 2 heterocycles. The molecule has 0 radical (unpaired) electrons. The number of nitrogens with one attached hydrogen (secondary N) is 1. The Bertz CT molecular complexity index is 605. The molecule has 1 aliphatic rings. The van der Waals surface area contributed by atoms with Gasteiger partial charge in [-0.15, -0.1) is 0 Å². The Morgan fingerprint density at radius 3 is 2.68 bits per heavy atom. The van der Waals surface area contributed by atoms with E-state index in [-0.39, 0.29) is 6.04 Å². The van der Waals surface area contributed by atoms with Crippen LogP contribution in [0.25, 0.3) is 11.3 Å². The molecule has 0 fully saturated rings. The molecule has 2 aromatic rings. The zero-order valence-corrected chi connectivity index (χ0v) is 11.1. The third kappa shape index (κ3) is 2.17. The second-order valence-corrected chi connectivity index (χ2v) is 4.74. The summed E-state index contributed by atoms with van der Waals surface area (Å²) in [5.41, 5.74) is 8.76. The first-order valence-electron chi connectivity index (χ1n) is 6.37. The molecular weight excluding hydrogens is 242 g/mol. The van der Waals surface area contributed by atoms with Gasteiger partial charge < -0.3 is 20.2 Å². The molecule has 0 saturated carbocycles. The van der Waals surface area contributed by atoms with E-state index < -0.39 is 0 Å². The van der Waals surface area contributed by atoms with Gasteiger partial charge in [0, 0.05) is 11.3 Å². The average molecular weight is 259 g/mol. The topological polar surface area (TPSA) is 73.2 Å². The number of nitrogens with zero attached hydrogens (tertiary/aromatic N) is 1. The van der Waals surface area contributed by atoms with Gasteiger partial charge in [-0.25, -0.2) is 4.98 Å². The number of imidazole rings is 1. The highest BCUT2D eigenvalue weighted by Crippen LogP contribution is 2.35. The van der Waals surface area contributed by atoms with E-state index in [1.807, 2.05) is 32.0 Å². The number of hydrogen-bond donors (Lipinski definition) is 2. The molecule has 3 N–H and O–H groups in total. The number of aryl methyl sites for hydroxylation is 1. The van der Waals surface area contributed by atoms with Gasteiger partial charge in [0.15, 0.2) is 11.5 Å². The highest BCUT2D eigenvalue weighted by atomic mass is 16.6. The SMILES string of the molecule is Cc1[nH]c(C(C)N)nc1-c1ccc2c(c1)OCCO2. The molecule has 0 spiro atoms. The summed E-state index contributed by atoms with van der Waals surface area (Å²) in [6.45, 7) is 5.08. The predicted molar refractivity (Wildman–Crippen MR) is 72.4 cm³/mol. The lowest BCUT2D eigenvalue weighted by atomic mass is 10.1. The molecule has 1 aromatic heterocycles. The second-order valence-electron chi connectivity index (χ2n) is 4.74. The molecule has 0 amide bonds. The number of aromatic amines is 1. The van der Waals surface area contributed by atoms with E-state index in [1.54, 1.807) is 0 Å². The summed E-state index contributed by atoms with van der Waals surface area (Å²) in [5.74, 6) is 2.35. The van der Waals surface area contributed by atoms with Crippen LogP contribution in [0.3, 0.4) is 0 Å². The Morgan fingerprint density at radius 1 is 1.26 bits per heavy atom. The van der Waals surface area contributed by atoms with E-state index in [4.69, 9.17) is 15.2 Å². The van der Waals surface area contributed by atoms with Crippen LogP contribution in [0.5, 0.6) is 11.5 Å². The zero-order chi connectivity index (χ0) is 13.4. The highest BCUT2D eigenvalue weighted by Gasteiger charge is 2.16. The molecule has 3 rings (SSSR count). The molecule has 0 saturated heterocycles. The van der Waals surface area contributed by atoms with Gasteiger partial charge in [0.05, 0.1) is 11.7 Å². The van der Waals surface area contributed by atoms with Gasteiger partial charge >= 0.3 is 0 Å². The summed E-state index contributed by atoms with van der Waals surface area (Å²) >= 11 is 0. The molecule has 0 aliphatic carbocycles. The van der Waals surface area contributed by atoms with Gasteiger partial charge in [0.25, 0.3) is 0 Å². The summed E-state index contributed by atoms with van der Waals surface area (Å²) < 4.78 is 11.1. The Kier molecular flexibility index (Phi) is 2.91. The van der Waals surface area contributed by atoms with Crippen molar-refractivity contribution in [2.75, 3.05) is 13.2 Å². The standard InChI is InChI=1S/C14H17N3O2/c1-8(15)14-16-9(2)13(17-14)10-3-4-11-12(7-10)19-6-5-18-11/h3-4,7-8H,5-6,15H2,1-2H3,(H,16,17). The van der Waals surface area contributed by atoms with Crippen LogP contribution >= 0.6 is 0 Å². The van der Waals surface area contributed by atoms with Crippen LogP contribution in [0.15, 0.2) is 18.2 Å². The van der Waals surface area contributed by atoms with E-state index in [0.29, 0.717) is 13.2 Å². The van der Waals surface area contributed by atoms with Crippen LogP contribution in [0.2, 0.25) is 0 Å². The quantitative estimate of drug-likeness (QED) is 0.867. The molecular formula is C14H17N3O2. The van der Waals surface area contributed by atoms with Crippen LogP contribution in [-0.2, 0) is 0 Å². The van der Waals surface area contributed by atoms with Gasteiger partial charge in [-0.3, -0.25) is 0 Å². The number of nitrogens with two attached hydrogens (primary N) is 1. The van der Waals surface area contributed by atoms with Crippen molar-refractivity contribution in [1.82, 2.24) is 9.97 Å². The van der Waals surface area contributed by atoms with Crippen molar-refractivity contribution >= 4 is 0 Å². The van der Waals surface area contributed by atoms with Crippen LogP contribution in [-0.4, -0.2) is 23.2 Å². The highest BCUT2D eigenvalue weighted by molar-refractivity contribution is 5.66. The maximum absolute atomic E-state index is 5.85. The molecule has 5 nitrogen and oxygen atoms in total. The first kappa shape index (κ1) is 12.0. The van der Waals surface area contributed by atoms with Gasteiger partial charge in [0.1, 0.15) is 19.0 Å². The Balaban J connectivity index is 2.02. The molecule has 1 unspecified atom stereocenters. The Morgan fingerprint density at radius 2 is 2.00 bits per heavy atom. The van der Waals surface area contributed by atoms with Crippen LogP contribution in [0, 0.1) is 6.92 Å². The monoisotopic (exact) mass is 259 g/mol. The Labute approximate surface area is 111 Å². The summed E-state index contributed by atoms with van der Waals surface area (Å²) in [7, 11) is 0. The molecule has 1 atom stereocenters. The number of rotatable bonds is 2. The van der Waals surface area contributed by atoms with Crippen molar-refractivity contribution in [3.05, 3.63) is 29.7 Å². The predicted octanol–water partition coefficient (Wildman–Crippen LogP) is 2.18. The number of fused-ring (bicyclic) bond motifs is 1. The van der Waals surface area contributed by atoms with Crippen molar-refractivity contribution in [2.45, 2.75) is 19.9 Å². The minimum Gasteiger partial charge on any atom is -0.486 e. The number of hydrogen-bond acceptors (Lipinski definition) is 4. The molecule has 100 valence electrons. The van der Waals surface area contributed by atoms with Gasteiger partial charge in [-0.2, -0.15) is 0 Å². The fourth-order valence-corrected chi connectivity index (χ4v) is 2.17. The third-order valence-electron chi connectivity index (χ3n) is 3.15. The molecule has 1 aromatic carbocycles. The molecule has 5 heteroatoms. The second kappa shape index (κ2) is 4.59. The maximum Gasteiger partial charge on any atom is 0.162 e. The zero-order valence-electron chi connectivity index (χ0n) is 11.1. The number of ether oxygens (including phenoxy) is 2. The van der Waals surface area contributed by atoms with Crippen LogP contribution < -0.4 is 15.2 Å². The minimum absolute atomic E-state index is 0.107. The number of aromatic nitrogens is 2. The maximum atomic E-state index is 5.85. The van der Waals surface area contributed by atoms with Crippen molar-refractivity contribution in [3.8, 4) is 22.8 Å². The number of H-pyrrole nitrogens is 1. The summed E-state index contributed by atoms with van der Waals surface area (Å²) in [6.07, 6.45) is 0. The first-order valence-corrected chi connectivity index (χ1v) is 6.37. The van der Waals surface area contributed by atoms with E-state index in [1.165, 1.54) is 0 Å². The van der Waals surface area contributed by atoms with Crippen molar-refractivity contribution < 1.29 is 9.47 Å². The van der Waals surface area contributed by atoms with E-state index >= 15 is 0 Å². The third-order valence-corrected chi connectivity index (χ3v) is 3.15. The number of benzene rings is 1.